The van der Waals surface area contributed by atoms with Crippen molar-refractivity contribution in [3.8, 4) is 5.75 Å². The summed E-state index contributed by atoms with van der Waals surface area (Å²) in [5.74, 6) is -0.176. The molecule has 2 N–H and O–H groups in total. The average Bonchev–Trinajstić information content (AvgIpc) is 2.18. The second kappa shape index (κ2) is 4.96. The minimum atomic E-state index is -0.317. The molecule has 1 unspecified atom stereocenters. The van der Waals surface area contributed by atoms with Gasteiger partial charge in [-0.25, -0.2) is 4.39 Å². The van der Waals surface area contributed by atoms with Crippen molar-refractivity contribution in [3.63, 3.8) is 0 Å². The van der Waals surface area contributed by atoms with E-state index in [-0.39, 0.29) is 17.6 Å². The van der Waals surface area contributed by atoms with Crippen LogP contribution in [0, 0.1) is 5.82 Å². The predicted octanol–water partition coefficient (Wildman–Crippen LogP) is 2.59. The first-order valence-corrected chi connectivity index (χ1v) is 4.87. The molecular formula is C11H16FNO. The molecule has 0 aliphatic heterocycles. The lowest BCUT2D eigenvalue weighted by atomic mass is 10.1. The Bertz CT molecular complexity index is 301. The molecule has 0 aromatic heterocycles. The van der Waals surface area contributed by atoms with Crippen LogP contribution in [0.3, 0.4) is 0 Å². The van der Waals surface area contributed by atoms with Crippen molar-refractivity contribution in [1.29, 1.82) is 0 Å². The van der Waals surface area contributed by atoms with Gasteiger partial charge in [-0.2, -0.15) is 0 Å². The van der Waals surface area contributed by atoms with E-state index in [0.29, 0.717) is 5.56 Å². The largest absolute Gasteiger partial charge is 0.508 e. The van der Waals surface area contributed by atoms with E-state index >= 15 is 0 Å². The van der Waals surface area contributed by atoms with E-state index in [0.717, 1.165) is 13.0 Å². The minimum Gasteiger partial charge on any atom is -0.508 e. The van der Waals surface area contributed by atoms with Crippen molar-refractivity contribution in [2.45, 2.75) is 26.3 Å². The Hall–Kier alpha value is -1.09. The Kier molecular flexibility index (Phi) is 3.89. The van der Waals surface area contributed by atoms with Crippen molar-refractivity contribution < 1.29 is 9.50 Å². The Labute approximate surface area is 83.8 Å². The molecule has 14 heavy (non-hydrogen) atoms. The number of benzene rings is 1. The van der Waals surface area contributed by atoms with E-state index < -0.39 is 0 Å². The molecule has 1 atom stereocenters. The summed E-state index contributed by atoms with van der Waals surface area (Å²) in [6, 6.07) is 3.98. The van der Waals surface area contributed by atoms with Crippen LogP contribution in [-0.2, 0) is 0 Å². The SMILES string of the molecule is CCCNC(C)c1cc(F)ccc1O. The van der Waals surface area contributed by atoms with Crippen LogP contribution in [0.15, 0.2) is 18.2 Å². The number of phenols is 1. The summed E-state index contributed by atoms with van der Waals surface area (Å²) >= 11 is 0. The van der Waals surface area contributed by atoms with Gasteiger partial charge in [0.25, 0.3) is 0 Å². The maximum Gasteiger partial charge on any atom is 0.123 e. The molecular weight excluding hydrogens is 181 g/mol. The normalized spacial score (nSPS) is 12.8. The zero-order valence-corrected chi connectivity index (χ0v) is 8.55. The van der Waals surface area contributed by atoms with Gasteiger partial charge >= 0.3 is 0 Å². The highest BCUT2D eigenvalue weighted by atomic mass is 19.1. The molecule has 0 spiro atoms. The summed E-state index contributed by atoms with van der Waals surface area (Å²) in [5.41, 5.74) is 0.610. The van der Waals surface area contributed by atoms with Gasteiger partial charge in [0.05, 0.1) is 0 Å². The van der Waals surface area contributed by atoms with E-state index in [2.05, 4.69) is 12.2 Å². The highest BCUT2D eigenvalue weighted by Crippen LogP contribution is 2.24. The number of nitrogens with one attached hydrogen (secondary N) is 1. The van der Waals surface area contributed by atoms with E-state index in [1.807, 2.05) is 6.92 Å². The molecule has 0 fully saturated rings. The van der Waals surface area contributed by atoms with E-state index in [4.69, 9.17) is 0 Å². The second-order valence-electron chi connectivity index (χ2n) is 3.38. The van der Waals surface area contributed by atoms with E-state index in [1.54, 1.807) is 0 Å². The average molecular weight is 197 g/mol. The third kappa shape index (κ3) is 2.70. The molecule has 78 valence electrons. The van der Waals surface area contributed by atoms with Crippen LogP contribution < -0.4 is 5.32 Å². The van der Waals surface area contributed by atoms with Gasteiger partial charge < -0.3 is 10.4 Å². The number of hydrogen-bond acceptors (Lipinski definition) is 2. The number of rotatable bonds is 4. The maximum absolute atomic E-state index is 12.9. The number of halogens is 1. The van der Waals surface area contributed by atoms with Gasteiger partial charge in [0.1, 0.15) is 11.6 Å². The van der Waals surface area contributed by atoms with Gasteiger partial charge in [-0.05, 0) is 38.1 Å². The molecule has 0 radical (unpaired) electrons. The summed E-state index contributed by atoms with van der Waals surface area (Å²) in [5, 5.41) is 12.7. The van der Waals surface area contributed by atoms with Crippen molar-refractivity contribution in [1.82, 2.24) is 5.32 Å². The predicted molar refractivity (Wildman–Crippen MR) is 54.8 cm³/mol. The fraction of sp³-hybridized carbons (Fsp3) is 0.455. The molecule has 1 aromatic rings. The van der Waals surface area contributed by atoms with Gasteiger partial charge in [0.15, 0.2) is 0 Å². The number of aromatic hydroxyl groups is 1. The lowest BCUT2D eigenvalue weighted by molar-refractivity contribution is 0.449. The van der Waals surface area contributed by atoms with Gasteiger partial charge in [-0.1, -0.05) is 6.92 Å². The topological polar surface area (TPSA) is 32.3 Å². The highest BCUT2D eigenvalue weighted by Gasteiger charge is 2.09. The number of hydrogen-bond donors (Lipinski definition) is 2. The van der Waals surface area contributed by atoms with Crippen molar-refractivity contribution in [2.75, 3.05) is 6.54 Å². The quantitative estimate of drug-likeness (QED) is 0.777. The first-order valence-electron chi connectivity index (χ1n) is 4.87. The van der Waals surface area contributed by atoms with E-state index in [9.17, 15) is 9.50 Å². The van der Waals surface area contributed by atoms with Gasteiger partial charge in [0.2, 0.25) is 0 Å². The van der Waals surface area contributed by atoms with Crippen LogP contribution in [0.2, 0.25) is 0 Å². The summed E-state index contributed by atoms with van der Waals surface area (Å²) in [6.45, 7) is 4.83. The third-order valence-electron chi connectivity index (χ3n) is 2.16. The molecule has 3 heteroatoms. The maximum atomic E-state index is 12.9. The zero-order chi connectivity index (χ0) is 10.6. The third-order valence-corrected chi connectivity index (χ3v) is 2.16. The minimum absolute atomic E-state index is 0.0225. The molecule has 0 saturated heterocycles. The van der Waals surface area contributed by atoms with E-state index in [1.165, 1.54) is 18.2 Å². The molecule has 1 rings (SSSR count). The molecule has 0 heterocycles. The molecule has 0 bridgehead atoms. The van der Waals surface area contributed by atoms with Crippen LogP contribution in [-0.4, -0.2) is 11.7 Å². The fourth-order valence-corrected chi connectivity index (χ4v) is 1.34. The summed E-state index contributed by atoms with van der Waals surface area (Å²) < 4.78 is 12.9. The Morgan fingerprint density at radius 3 is 2.86 bits per heavy atom. The zero-order valence-electron chi connectivity index (χ0n) is 8.55. The van der Waals surface area contributed by atoms with Crippen LogP contribution in [0.5, 0.6) is 5.75 Å². The lowest BCUT2D eigenvalue weighted by Gasteiger charge is -2.14. The molecule has 0 aliphatic carbocycles. The van der Waals surface area contributed by atoms with Crippen LogP contribution >= 0.6 is 0 Å². The van der Waals surface area contributed by atoms with Crippen molar-refractivity contribution in [2.24, 2.45) is 0 Å². The standard InChI is InChI=1S/C11H16FNO/c1-3-6-13-8(2)10-7-9(12)4-5-11(10)14/h4-5,7-8,13-14H,3,6H2,1-2H3. The van der Waals surface area contributed by atoms with Crippen LogP contribution in [0.1, 0.15) is 31.9 Å². The highest BCUT2D eigenvalue weighted by molar-refractivity contribution is 5.34. The van der Waals surface area contributed by atoms with Crippen molar-refractivity contribution >= 4 is 0 Å². The van der Waals surface area contributed by atoms with Crippen LogP contribution in [0.4, 0.5) is 4.39 Å². The molecule has 2 nitrogen and oxygen atoms in total. The Balaban J connectivity index is 2.77. The molecule has 1 aromatic carbocycles. The molecule has 0 amide bonds. The second-order valence-corrected chi connectivity index (χ2v) is 3.38. The summed E-state index contributed by atoms with van der Waals surface area (Å²) in [7, 11) is 0. The van der Waals surface area contributed by atoms with Gasteiger partial charge in [0, 0.05) is 11.6 Å². The van der Waals surface area contributed by atoms with Crippen LogP contribution in [0.25, 0.3) is 0 Å². The fourth-order valence-electron chi connectivity index (χ4n) is 1.34. The number of phenolic OH excluding ortho intramolecular Hbond substituents is 1. The smallest absolute Gasteiger partial charge is 0.123 e. The van der Waals surface area contributed by atoms with Crippen molar-refractivity contribution in [3.05, 3.63) is 29.6 Å². The summed E-state index contributed by atoms with van der Waals surface area (Å²) in [6.07, 6.45) is 1.01. The first-order chi connectivity index (χ1) is 6.65. The molecule has 0 aliphatic rings. The van der Waals surface area contributed by atoms with Gasteiger partial charge in [-0.3, -0.25) is 0 Å². The lowest BCUT2D eigenvalue weighted by Crippen LogP contribution is -2.19. The van der Waals surface area contributed by atoms with Gasteiger partial charge in [-0.15, -0.1) is 0 Å². The Morgan fingerprint density at radius 1 is 1.50 bits per heavy atom. The first kappa shape index (κ1) is 11.0. The molecule has 0 saturated carbocycles. The monoisotopic (exact) mass is 197 g/mol. The summed E-state index contributed by atoms with van der Waals surface area (Å²) in [4.78, 5) is 0. The Morgan fingerprint density at radius 2 is 2.21 bits per heavy atom.